The molecule has 8 heteroatoms. The normalized spacial score (nSPS) is 20.2. The maximum Gasteiger partial charge on any atom is 0.220 e. The van der Waals surface area contributed by atoms with Crippen LogP contribution in [0.25, 0.3) is 22.8 Å². The Morgan fingerprint density at radius 2 is 0.792 bits per heavy atom. The standard InChI is InChI=1S/C40H34N4O4/c1-3-47-33-23-29(19-21-31(33)45)39-41-35(25-11-7-5-8-12-25)37(43-39)27-15-17-28(18-16-27)38-36(26-13-9-6-10-14-26)42-40(44-38)30-20-22-32(46)34(24-30)48-4-2/h5-24,41-44H,3-4H2,1-2H3. The largest absolute Gasteiger partial charge is 0.490 e. The Bertz CT molecular complexity index is 1900. The molecule has 0 bridgehead atoms. The maximum atomic E-state index is 12.3. The molecule has 238 valence electrons. The zero-order chi connectivity index (χ0) is 33.0. The van der Waals surface area contributed by atoms with Gasteiger partial charge in [-0.25, -0.2) is 0 Å². The lowest BCUT2D eigenvalue weighted by Crippen LogP contribution is -2.18. The van der Waals surface area contributed by atoms with Gasteiger partial charge in [-0.15, -0.1) is 0 Å². The summed E-state index contributed by atoms with van der Waals surface area (Å²) in [6, 6.07) is 28.6. The lowest BCUT2D eigenvalue weighted by atomic mass is 10.0. The third kappa shape index (κ3) is 5.99. The highest BCUT2D eigenvalue weighted by atomic mass is 16.5. The Hall–Kier alpha value is -6.28. The minimum atomic E-state index is -0.150. The molecule has 8 nitrogen and oxygen atoms in total. The molecule has 2 aliphatic carbocycles. The molecule has 48 heavy (non-hydrogen) atoms. The molecule has 7 rings (SSSR count). The zero-order valence-corrected chi connectivity index (χ0v) is 26.6. The third-order valence-electron chi connectivity index (χ3n) is 8.15. The molecule has 3 aromatic carbocycles. The predicted octanol–water partition coefficient (Wildman–Crippen LogP) is 6.27. The molecule has 0 atom stereocenters. The molecule has 4 aliphatic rings. The average molecular weight is 635 g/mol. The van der Waals surface area contributed by atoms with Crippen LogP contribution in [0.4, 0.5) is 0 Å². The van der Waals surface area contributed by atoms with Crippen molar-refractivity contribution in [3.8, 4) is 0 Å². The summed E-state index contributed by atoms with van der Waals surface area (Å²) in [7, 11) is 0. The second-order valence-corrected chi connectivity index (χ2v) is 11.2. The van der Waals surface area contributed by atoms with Crippen molar-refractivity contribution in [2.24, 2.45) is 0 Å². The summed E-state index contributed by atoms with van der Waals surface area (Å²) >= 11 is 0. The summed E-state index contributed by atoms with van der Waals surface area (Å²) < 4.78 is 11.2. The number of ketones is 2. The van der Waals surface area contributed by atoms with E-state index in [0.29, 0.717) is 24.7 Å². The number of hydrogen-bond acceptors (Lipinski definition) is 8. The topological polar surface area (TPSA) is 101 Å². The lowest BCUT2D eigenvalue weighted by Gasteiger charge is -2.13. The van der Waals surface area contributed by atoms with E-state index in [1.807, 2.05) is 50.2 Å². The summed E-state index contributed by atoms with van der Waals surface area (Å²) in [5.41, 5.74) is 9.32. The van der Waals surface area contributed by atoms with Crippen molar-refractivity contribution in [2.45, 2.75) is 13.8 Å². The minimum absolute atomic E-state index is 0.150. The van der Waals surface area contributed by atoms with Gasteiger partial charge < -0.3 is 30.7 Å². The number of allylic oxidation sites excluding steroid dienone is 8. The number of ether oxygens (including phenoxy) is 2. The Balaban J connectivity index is 1.25. The number of hydrogen-bond donors (Lipinski definition) is 4. The lowest BCUT2D eigenvalue weighted by molar-refractivity contribution is -0.115. The highest BCUT2D eigenvalue weighted by molar-refractivity contribution is 6.05. The molecular formula is C40H34N4O4. The fraction of sp³-hybridized carbons (Fsp3) is 0.100. The number of benzene rings is 3. The summed E-state index contributed by atoms with van der Waals surface area (Å²) in [6.07, 6.45) is 10.2. The van der Waals surface area contributed by atoms with Gasteiger partial charge in [-0.2, -0.15) is 0 Å². The van der Waals surface area contributed by atoms with Crippen LogP contribution in [0, 0.1) is 0 Å². The zero-order valence-electron chi connectivity index (χ0n) is 26.6. The van der Waals surface area contributed by atoms with Gasteiger partial charge in [-0.05, 0) is 50.3 Å². The number of carbonyl (C=O) groups is 2. The third-order valence-corrected chi connectivity index (χ3v) is 8.15. The van der Waals surface area contributed by atoms with E-state index in [9.17, 15) is 9.59 Å². The van der Waals surface area contributed by atoms with Crippen molar-refractivity contribution in [1.82, 2.24) is 21.3 Å². The second kappa shape index (κ2) is 13.2. The van der Waals surface area contributed by atoms with E-state index in [4.69, 9.17) is 9.47 Å². The monoisotopic (exact) mass is 634 g/mol. The van der Waals surface area contributed by atoms with Crippen LogP contribution in [0.3, 0.4) is 0 Å². The quantitative estimate of drug-likeness (QED) is 0.230. The van der Waals surface area contributed by atoms with Crippen LogP contribution in [-0.4, -0.2) is 24.8 Å². The smallest absolute Gasteiger partial charge is 0.220 e. The van der Waals surface area contributed by atoms with E-state index < -0.39 is 0 Å². The van der Waals surface area contributed by atoms with Crippen LogP contribution < -0.4 is 21.3 Å². The molecule has 0 amide bonds. The van der Waals surface area contributed by atoms with Gasteiger partial charge in [0.15, 0.2) is 11.5 Å². The van der Waals surface area contributed by atoms with Crippen molar-refractivity contribution < 1.29 is 19.1 Å². The predicted molar refractivity (Wildman–Crippen MR) is 187 cm³/mol. The first-order valence-corrected chi connectivity index (χ1v) is 15.9. The van der Waals surface area contributed by atoms with Gasteiger partial charge in [0.1, 0.15) is 11.6 Å². The van der Waals surface area contributed by atoms with Crippen LogP contribution in [-0.2, 0) is 19.1 Å². The van der Waals surface area contributed by atoms with Crippen molar-refractivity contribution in [3.63, 3.8) is 0 Å². The molecule has 0 saturated carbocycles. The van der Waals surface area contributed by atoms with Crippen LogP contribution in [0.1, 0.15) is 36.1 Å². The molecule has 0 saturated heterocycles. The van der Waals surface area contributed by atoms with Gasteiger partial charge >= 0.3 is 0 Å². The summed E-state index contributed by atoms with van der Waals surface area (Å²) in [5, 5.41) is 14.3. The van der Waals surface area contributed by atoms with Crippen LogP contribution >= 0.6 is 0 Å². The van der Waals surface area contributed by atoms with E-state index in [-0.39, 0.29) is 11.6 Å². The molecule has 2 heterocycles. The van der Waals surface area contributed by atoms with Crippen molar-refractivity contribution >= 4 is 34.4 Å². The van der Waals surface area contributed by atoms with E-state index in [0.717, 1.165) is 67.8 Å². The van der Waals surface area contributed by atoms with Crippen LogP contribution in [0.15, 0.2) is 156 Å². The highest BCUT2D eigenvalue weighted by Crippen LogP contribution is 2.34. The molecular weight excluding hydrogens is 600 g/mol. The first-order valence-electron chi connectivity index (χ1n) is 15.9. The van der Waals surface area contributed by atoms with Gasteiger partial charge in [0, 0.05) is 33.4 Å². The summed E-state index contributed by atoms with van der Waals surface area (Å²) in [6.45, 7) is 4.54. The SMILES string of the molecule is CCOC1=CC(=C2NC(c3ccccc3)=C(c3ccc(C4=C(c5ccccc5)NC(=C5C=CC(=O)C(OCC)=C5)N4)cc3)N2)C=CC1=O. The van der Waals surface area contributed by atoms with Gasteiger partial charge in [0.05, 0.1) is 36.0 Å². The first-order chi connectivity index (χ1) is 23.5. The highest BCUT2D eigenvalue weighted by Gasteiger charge is 2.27. The van der Waals surface area contributed by atoms with E-state index in [1.54, 1.807) is 24.3 Å². The van der Waals surface area contributed by atoms with E-state index >= 15 is 0 Å². The fourth-order valence-electron chi connectivity index (χ4n) is 5.84. The summed E-state index contributed by atoms with van der Waals surface area (Å²) in [4.78, 5) is 24.7. The number of rotatable bonds is 8. The van der Waals surface area contributed by atoms with Crippen molar-refractivity contribution in [2.75, 3.05) is 13.2 Å². The Kier molecular flexibility index (Phi) is 8.36. The van der Waals surface area contributed by atoms with Crippen LogP contribution in [0.2, 0.25) is 0 Å². The molecule has 4 N–H and O–H groups in total. The Morgan fingerprint density at radius 1 is 0.458 bits per heavy atom. The molecule has 2 aliphatic heterocycles. The molecule has 0 spiro atoms. The molecule has 0 aromatic heterocycles. The van der Waals surface area contributed by atoms with Crippen molar-refractivity contribution in [3.05, 3.63) is 178 Å². The minimum Gasteiger partial charge on any atom is -0.490 e. The van der Waals surface area contributed by atoms with E-state index in [1.165, 1.54) is 12.2 Å². The fourth-order valence-corrected chi connectivity index (χ4v) is 5.84. The number of nitrogens with one attached hydrogen (secondary N) is 4. The van der Waals surface area contributed by atoms with E-state index in [2.05, 4.69) is 69.8 Å². The Morgan fingerprint density at radius 3 is 1.12 bits per heavy atom. The van der Waals surface area contributed by atoms with Gasteiger partial charge in [0.2, 0.25) is 11.6 Å². The van der Waals surface area contributed by atoms with Gasteiger partial charge in [-0.3, -0.25) is 9.59 Å². The Labute approximate surface area is 279 Å². The van der Waals surface area contributed by atoms with Crippen LogP contribution in [0.5, 0.6) is 0 Å². The van der Waals surface area contributed by atoms with Gasteiger partial charge in [-0.1, -0.05) is 84.9 Å². The molecule has 0 fully saturated rings. The molecule has 0 radical (unpaired) electrons. The molecule has 3 aromatic rings. The molecule has 0 unspecified atom stereocenters. The second-order valence-electron chi connectivity index (χ2n) is 11.2. The first kappa shape index (κ1) is 30.4. The maximum absolute atomic E-state index is 12.3. The van der Waals surface area contributed by atoms with Crippen molar-refractivity contribution in [1.29, 1.82) is 0 Å². The summed E-state index contributed by atoms with van der Waals surface area (Å²) in [5.74, 6) is 1.86. The number of carbonyl (C=O) groups excluding carboxylic acids is 2. The van der Waals surface area contributed by atoms with Gasteiger partial charge in [0.25, 0.3) is 0 Å². The average Bonchev–Trinajstić information content (AvgIpc) is 3.78.